The smallest absolute Gasteiger partial charge is 0.311 e. The molecule has 0 fully saturated rings. The van der Waals surface area contributed by atoms with Crippen molar-refractivity contribution in [2.24, 2.45) is 0 Å². The molecule has 0 radical (unpaired) electrons. The molecule has 0 aliphatic heterocycles. The molecule has 1 N–H and O–H groups in total. The van der Waals surface area contributed by atoms with Gasteiger partial charge in [0.05, 0.1) is 25.4 Å². The number of methoxy groups -OCH3 is 1. The van der Waals surface area contributed by atoms with Gasteiger partial charge in [-0.1, -0.05) is 0 Å². The minimum absolute atomic E-state index is 0.0314. The second kappa shape index (κ2) is 4.87. The van der Waals surface area contributed by atoms with Crippen molar-refractivity contribution < 1.29 is 23.4 Å². The highest BCUT2D eigenvalue weighted by molar-refractivity contribution is 5.72. The zero-order valence-corrected chi connectivity index (χ0v) is 8.83. The van der Waals surface area contributed by atoms with E-state index < -0.39 is 18.0 Å². The molecule has 0 unspecified atom stereocenters. The molecule has 88 valence electrons. The van der Waals surface area contributed by atoms with Gasteiger partial charge in [0.15, 0.2) is 0 Å². The average molecular weight is 231 g/mol. The Bertz CT molecular complexity index is 407. The highest BCUT2D eigenvalue weighted by Gasteiger charge is 2.21. The fraction of sp³-hybridized carbons (Fsp3) is 0.400. The maximum atomic E-state index is 12.7. The van der Waals surface area contributed by atoms with Gasteiger partial charge in [-0.15, -0.1) is 0 Å². The summed E-state index contributed by atoms with van der Waals surface area (Å²) in [7, 11) is 1.16. The van der Waals surface area contributed by atoms with Crippen molar-refractivity contribution in [1.82, 2.24) is 4.98 Å². The molecule has 1 aromatic heterocycles. The molecule has 0 amide bonds. The topological polar surface area (TPSA) is 59.4 Å². The van der Waals surface area contributed by atoms with Crippen molar-refractivity contribution in [3.63, 3.8) is 0 Å². The van der Waals surface area contributed by atoms with Gasteiger partial charge in [0.1, 0.15) is 5.75 Å². The van der Waals surface area contributed by atoms with Gasteiger partial charge < -0.3 is 9.84 Å². The van der Waals surface area contributed by atoms with Crippen LogP contribution in [0.1, 0.15) is 23.2 Å². The third-order valence-electron chi connectivity index (χ3n) is 2.20. The summed E-state index contributed by atoms with van der Waals surface area (Å²) in [5.41, 5.74) is -0.452. The number of halogens is 2. The van der Waals surface area contributed by atoms with E-state index in [1.165, 1.54) is 6.92 Å². The third-order valence-corrected chi connectivity index (χ3v) is 2.20. The largest absolute Gasteiger partial charge is 0.506 e. The molecule has 16 heavy (non-hydrogen) atoms. The number of pyridine rings is 1. The van der Waals surface area contributed by atoms with Crippen LogP contribution in [-0.2, 0) is 16.0 Å². The number of hydrogen-bond acceptors (Lipinski definition) is 4. The van der Waals surface area contributed by atoms with E-state index in [4.69, 9.17) is 0 Å². The van der Waals surface area contributed by atoms with E-state index in [1.54, 1.807) is 0 Å². The van der Waals surface area contributed by atoms with Crippen molar-refractivity contribution in [2.45, 2.75) is 19.8 Å². The fourth-order valence-corrected chi connectivity index (χ4v) is 1.30. The van der Waals surface area contributed by atoms with E-state index >= 15 is 0 Å². The number of nitrogens with zero attached hydrogens (tertiary/aromatic N) is 1. The molecule has 1 heterocycles. The van der Waals surface area contributed by atoms with Gasteiger partial charge in [-0.2, -0.15) is 0 Å². The van der Waals surface area contributed by atoms with Gasteiger partial charge in [-0.3, -0.25) is 9.78 Å². The van der Waals surface area contributed by atoms with Crippen LogP contribution in [-0.4, -0.2) is 23.2 Å². The Hall–Kier alpha value is -1.72. The number of aromatic nitrogens is 1. The molecule has 1 aromatic rings. The third kappa shape index (κ3) is 2.44. The number of alkyl halides is 2. The first-order chi connectivity index (χ1) is 7.47. The molecule has 0 atom stereocenters. The van der Waals surface area contributed by atoms with Gasteiger partial charge in [-0.05, 0) is 6.92 Å². The van der Waals surface area contributed by atoms with Crippen molar-refractivity contribution in [1.29, 1.82) is 0 Å². The standard InChI is InChI=1S/C10H11F2NO3/c1-5-7(14)4-13-6(3-8(15)16-2)9(5)10(11)12/h4,10,14H,3H2,1-2H3. The lowest BCUT2D eigenvalue weighted by atomic mass is 10.1. The summed E-state index contributed by atoms with van der Waals surface area (Å²) in [6, 6.07) is 0. The number of carbonyl (C=O) groups excluding carboxylic acids is 1. The van der Waals surface area contributed by atoms with Crippen LogP contribution in [0.4, 0.5) is 8.78 Å². The van der Waals surface area contributed by atoms with Crippen LogP contribution in [0.3, 0.4) is 0 Å². The maximum Gasteiger partial charge on any atom is 0.311 e. The summed E-state index contributed by atoms with van der Waals surface area (Å²) in [6.45, 7) is 1.35. The predicted molar refractivity (Wildman–Crippen MR) is 51.3 cm³/mol. The van der Waals surface area contributed by atoms with Crippen molar-refractivity contribution >= 4 is 5.97 Å². The minimum Gasteiger partial charge on any atom is -0.506 e. The summed E-state index contributed by atoms with van der Waals surface area (Å²) in [4.78, 5) is 14.6. The number of aromatic hydroxyl groups is 1. The second-order valence-electron chi connectivity index (χ2n) is 3.18. The van der Waals surface area contributed by atoms with Crippen LogP contribution in [0.2, 0.25) is 0 Å². The molecule has 0 aliphatic rings. The number of carbonyl (C=O) groups is 1. The van der Waals surface area contributed by atoms with Crippen LogP contribution in [0.25, 0.3) is 0 Å². The molecule has 4 nitrogen and oxygen atoms in total. The molecule has 0 aliphatic carbocycles. The molecular weight excluding hydrogens is 220 g/mol. The quantitative estimate of drug-likeness (QED) is 0.805. The number of hydrogen-bond donors (Lipinski definition) is 1. The molecule has 0 aromatic carbocycles. The first-order valence-corrected chi connectivity index (χ1v) is 4.49. The van der Waals surface area contributed by atoms with Crippen molar-refractivity contribution in [3.8, 4) is 5.75 Å². The highest BCUT2D eigenvalue weighted by Crippen LogP contribution is 2.30. The van der Waals surface area contributed by atoms with Gasteiger partial charge in [0.25, 0.3) is 6.43 Å². The van der Waals surface area contributed by atoms with Crippen LogP contribution >= 0.6 is 0 Å². The predicted octanol–water partition coefficient (Wildman–Crippen LogP) is 1.75. The Morgan fingerprint density at radius 1 is 1.62 bits per heavy atom. The van der Waals surface area contributed by atoms with Crippen molar-refractivity contribution in [2.75, 3.05) is 7.11 Å². The molecule has 1 rings (SSSR count). The normalized spacial score (nSPS) is 10.6. The Morgan fingerprint density at radius 3 is 2.75 bits per heavy atom. The summed E-state index contributed by atoms with van der Waals surface area (Å²) in [5, 5.41) is 9.25. The Kier molecular flexibility index (Phi) is 3.76. The summed E-state index contributed by atoms with van der Waals surface area (Å²) in [6.07, 6.45) is -2.09. The van der Waals surface area contributed by atoms with Gasteiger partial charge in [0, 0.05) is 11.1 Å². The number of esters is 1. The van der Waals surface area contributed by atoms with E-state index in [-0.39, 0.29) is 23.4 Å². The lowest BCUT2D eigenvalue weighted by Crippen LogP contribution is -2.10. The molecule has 0 spiro atoms. The van der Waals surface area contributed by atoms with E-state index in [2.05, 4.69) is 9.72 Å². The van der Waals surface area contributed by atoms with E-state index in [0.29, 0.717) is 0 Å². The van der Waals surface area contributed by atoms with Crippen LogP contribution in [0, 0.1) is 6.92 Å². The number of ether oxygens (including phenoxy) is 1. The monoisotopic (exact) mass is 231 g/mol. The summed E-state index contributed by atoms with van der Waals surface area (Å²) in [5.74, 6) is -0.969. The van der Waals surface area contributed by atoms with E-state index in [9.17, 15) is 18.7 Å². The molecule has 0 bridgehead atoms. The Balaban J connectivity index is 3.18. The van der Waals surface area contributed by atoms with Crippen molar-refractivity contribution in [3.05, 3.63) is 23.0 Å². The first-order valence-electron chi connectivity index (χ1n) is 4.49. The zero-order valence-electron chi connectivity index (χ0n) is 8.83. The molecule has 6 heteroatoms. The SMILES string of the molecule is COC(=O)Cc1ncc(O)c(C)c1C(F)F. The maximum absolute atomic E-state index is 12.7. The summed E-state index contributed by atoms with van der Waals surface area (Å²) < 4.78 is 29.8. The molecular formula is C10H11F2NO3. The zero-order chi connectivity index (χ0) is 12.3. The Labute approximate surface area is 90.9 Å². The summed E-state index contributed by atoms with van der Waals surface area (Å²) >= 11 is 0. The van der Waals surface area contributed by atoms with Crippen LogP contribution in [0.5, 0.6) is 5.75 Å². The van der Waals surface area contributed by atoms with Gasteiger partial charge >= 0.3 is 5.97 Å². The minimum atomic E-state index is -2.79. The second-order valence-corrected chi connectivity index (χ2v) is 3.18. The lowest BCUT2D eigenvalue weighted by molar-refractivity contribution is -0.139. The van der Waals surface area contributed by atoms with E-state index in [1.807, 2.05) is 0 Å². The Morgan fingerprint density at radius 2 is 2.25 bits per heavy atom. The van der Waals surface area contributed by atoms with Gasteiger partial charge in [-0.25, -0.2) is 8.78 Å². The van der Waals surface area contributed by atoms with Crippen LogP contribution in [0.15, 0.2) is 6.20 Å². The molecule has 0 saturated carbocycles. The average Bonchev–Trinajstić information content (AvgIpc) is 2.23. The first kappa shape index (κ1) is 12.4. The van der Waals surface area contributed by atoms with E-state index in [0.717, 1.165) is 13.3 Å². The number of rotatable bonds is 3. The van der Waals surface area contributed by atoms with Crippen LogP contribution < -0.4 is 0 Å². The highest BCUT2D eigenvalue weighted by atomic mass is 19.3. The lowest BCUT2D eigenvalue weighted by Gasteiger charge is -2.11. The fourth-order valence-electron chi connectivity index (χ4n) is 1.30. The van der Waals surface area contributed by atoms with Gasteiger partial charge in [0.2, 0.25) is 0 Å². The molecule has 0 saturated heterocycles.